The van der Waals surface area contributed by atoms with Gasteiger partial charge in [-0.2, -0.15) is 0 Å². The molecule has 1 N–H and O–H groups in total. The zero-order valence-corrected chi connectivity index (χ0v) is 23.7. The normalized spacial score (nSPS) is 32.9. The third-order valence-electron chi connectivity index (χ3n) is 9.42. The Labute approximate surface area is 239 Å². The van der Waals surface area contributed by atoms with E-state index in [2.05, 4.69) is 11.1 Å². The Morgan fingerprint density at radius 1 is 1.02 bits per heavy atom. The van der Waals surface area contributed by atoms with Crippen LogP contribution in [0.2, 0.25) is 0 Å². The number of aromatic nitrogens is 1. The largest absolute Gasteiger partial charge is 0.458 e. The number of hydrogen-bond donors (Lipinski definition) is 1. The summed E-state index contributed by atoms with van der Waals surface area (Å²) in [6.07, 6.45) is 9.42. The number of cyclic esters (lactones) is 1. The fourth-order valence-electron chi connectivity index (χ4n) is 6.71. The van der Waals surface area contributed by atoms with Gasteiger partial charge in [-0.25, -0.2) is 14.4 Å². The van der Waals surface area contributed by atoms with Crippen LogP contribution < -0.4 is 0 Å². The first-order chi connectivity index (χ1) is 19.5. The molecule has 214 valence electrons. The average molecular weight is 558 g/mol. The van der Waals surface area contributed by atoms with E-state index in [-0.39, 0.29) is 18.1 Å². The summed E-state index contributed by atoms with van der Waals surface area (Å²) in [6, 6.07) is 11.8. The lowest BCUT2D eigenvalue weighted by atomic mass is 9.44. The minimum Gasteiger partial charge on any atom is -0.458 e. The van der Waals surface area contributed by atoms with E-state index in [1.54, 1.807) is 61.7 Å². The topological polar surface area (TPSA) is 112 Å². The van der Waals surface area contributed by atoms with E-state index >= 15 is 0 Å². The van der Waals surface area contributed by atoms with Crippen molar-refractivity contribution >= 4 is 17.9 Å². The van der Waals surface area contributed by atoms with Crippen LogP contribution in [0.4, 0.5) is 0 Å². The van der Waals surface area contributed by atoms with Gasteiger partial charge >= 0.3 is 17.9 Å². The van der Waals surface area contributed by atoms with E-state index in [1.165, 1.54) is 12.3 Å². The van der Waals surface area contributed by atoms with E-state index in [0.717, 1.165) is 12.0 Å². The Hall–Kier alpha value is -4.04. The maximum Gasteiger partial charge on any atom is 0.340 e. The molecule has 0 amide bonds. The van der Waals surface area contributed by atoms with Crippen molar-refractivity contribution in [1.29, 1.82) is 0 Å². The van der Waals surface area contributed by atoms with Crippen molar-refractivity contribution in [1.82, 2.24) is 4.98 Å². The Kier molecular flexibility index (Phi) is 7.46. The van der Waals surface area contributed by atoms with Crippen LogP contribution in [0.15, 0.2) is 90.3 Å². The van der Waals surface area contributed by atoms with Crippen LogP contribution >= 0.6 is 0 Å². The van der Waals surface area contributed by atoms with Gasteiger partial charge in [-0.05, 0) is 62.4 Å². The van der Waals surface area contributed by atoms with Crippen LogP contribution in [0.1, 0.15) is 61.3 Å². The molecule has 8 nitrogen and oxygen atoms in total. The van der Waals surface area contributed by atoms with Crippen molar-refractivity contribution in [2.75, 3.05) is 6.61 Å². The first kappa shape index (κ1) is 28.5. The predicted octanol–water partition coefficient (Wildman–Crippen LogP) is 5.01. The number of fused-ring (bicyclic) bond motifs is 1. The van der Waals surface area contributed by atoms with E-state index in [1.807, 2.05) is 26.8 Å². The number of allylic oxidation sites excluding steroid dienone is 1. The Balaban J connectivity index is 1.64. The number of hydrogen-bond acceptors (Lipinski definition) is 8. The number of rotatable bonds is 6. The van der Waals surface area contributed by atoms with Crippen LogP contribution in [0, 0.1) is 16.7 Å². The Bertz CT molecular complexity index is 1430. The van der Waals surface area contributed by atoms with E-state index in [9.17, 15) is 19.5 Å². The molecular formula is C33H35NO7. The van der Waals surface area contributed by atoms with Crippen molar-refractivity contribution in [2.24, 2.45) is 16.7 Å². The van der Waals surface area contributed by atoms with E-state index in [0.29, 0.717) is 17.6 Å². The number of carbonyl (C=O) groups excluding carboxylic acids is 3. The zero-order chi connectivity index (χ0) is 29.4. The molecule has 5 rings (SSSR count). The summed E-state index contributed by atoms with van der Waals surface area (Å²) >= 11 is 0. The van der Waals surface area contributed by atoms with Crippen molar-refractivity contribution in [3.63, 3.8) is 0 Å². The number of benzene rings is 1. The lowest BCUT2D eigenvalue weighted by molar-refractivity contribution is -0.251. The minimum absolute atomic E-state index is 0.145. The second kappa shape index (κ2) is 10.7. The van der Waals surface area contributed by atoms with Crippen molar-refractivity contribution in [3.8, 4) is 0 Å². The smallest absolute Gasteiger partial charge is 0.340 e. The van der Waals surface area contributed by atoms with Crippen LogP contribution in [-0.4, -0.2) is 52.4 Å². The van der Waals surface area contributed by atoms with Gasteiger partial charge < -0.3 is 19.3 Å². The van der Waals surface area contributed by atoms with E-state index in [4.69, 9.17) is 14.2 Å². The second-order valence-electron chi connectivity index (χ2n) is 11.6. The zero-order valence-electron chi connectivity index (χ0n) is 23.7. The highest BCUT2D eigenvalue weighted by atomic mass is 16.6. The molecule has 2 heterocycles. The molecule has 2 aromatic rings. The number of ether oxygens (including phenoxy) is 3. The van der Waals surface area contributed by atoms with Gasteiger partial charge in [0.2, 0.25) is 0 Å². The lowest BCUT2D eigenvalue weighted by Gasteiger charge is -2.64. The van der Waals surface area contributed by atoms with E-state index < -0.39 is 46.5 Å². The van der Waals surface area contributed by atoms with Crippen LogP contribution in [0.5, 0.6) is 0 Å². The summed E-state index contributed by atoms with van der Waals surface area (Å²) in [5, 5.41) is 12.5. The number of aliphatic hydroxyl groups is 1. The molecule has 0 radical (unpaired) electrons. The Morgan fingerprint density at radius 2 is 1.71 bits per heavy atom. The van der Waals surface area contributed by atoms with Crippen LogP contribution in [0.25, 0.3) is 0 Å². The molecule has 1 saturated carbocycles. The summed E-state index contributed by atoms with van der Waals surface area (Å²) in [5.74, 6) is -1.89. The van der Waals surface area contributed by atoms with Crippen molar-refractivity contribution in [3.05, 3.63) is 101 Å². The third-order valence-corrected chi connectivity index (χ3v) is 9.42. The molecule has 1 fully saturated rings. The maximum atomic E-state index is 13.5. The predicted molar refractivity (Wildman–Crippen MR) is 151 cm³/mol. The highest BCUT2D eigenvalue weighted by molar-refractivity contribution is 5.90. The summed E-state index contributed by atoms with van der Waals surface area (Å²) in [5.41, 5.74) is -1.25. The van der Waals surface area contributed by atoms with Gasteiger partial charge in [-0.1, -0.05) is 55.8 Å². The first-order valence-corrected chi connectivity index (χ1v) is 13.8. The number of esters is 3. The molecule has 0 saturated heterocycles. The SMILES string of the molecule is CC1=CCCC2[C@@]1(C)[C@@H](OC(=O)c1cccnc1)[C@H](OC(=O)c1ccccc1)[C@](C)(O)[C@]2(C)/C=C/C1=CC(=O)OC1. The molecule has 1 unspecified atom stereocenters. The fourth-order valence-corrected chi connectivity index (χ4v) is 6.71. The molecule has 1 aromatic carbocycles. The number of nitrogens with zero attached hydrogens (tertiary/aromatic N) is 1. The summed E-state index contributed by atoms with van der Waals surface area (Å²) in [7, 11) is 0. The summed E-state index contributed by atoms with van der Waals surface area (Å²) < 4.78 is 17.5. The highest BCUT2D eigenvalue weighted by Crippen LogP contribution is 2.63. The van der Waals surface area contributed by atoms with Gasteiger partial charge in [0.1, 0.15) is 12.2 Å². The van der Waals surface area contributed by atoms with Crippen LogP contribution in [-0.2, 0) is 19.0 Å². The quantitative estimate of drug-likeness (QED) is 0.300. The first-order valence-electron chi connectivity index (χ1n) is 13.8. The molecule has 0 spiro atoms. The lowest BCUT2D eigenvalue weighted by Crippen LogP contribution is -2.72. The summed E-state index contributed by atoms with van der Waals surface area (Å²) in [4.78, 5) is 42.7. The third kappa shape index (κ3) is 4.90. The van der Waals surface area contributed by atoms with Crippen molar-refractivity contribution < 1.29 is 33.7 Å². The molecule has 8 heteroatoms. The standard InChI is InChI=1S/C33H35NO7/c1-21-10-8-14-25-31(2,16-15-22-18-26(35)39-20-22)33(4,38)28(41-29(36)23-11-6-5-7-12-23)27(32(21,25)3)40-30(37)24-13-9-17-34-19-24/h5-7,9-13,15-19,25,27-28,38H,8,14,20H2,1-4H3/b16-15+/t25?,27-,28-,31+,32-,33-/m0/s1. The molecule has 0 bridgehead atoms. The van der Waals surface area contributed by atoms with Gasteiger partial charge in [-0.15, -0.1) is 0 Å². The average Bonchev–Trinajstić information content (AvgIpc) is 3.39. The van der Waals surface area contributed by atoms with Crippen LogP contribution in [0.3, 0.4) is 0 Å². The molecule has 3 aliphatic rings. The van der Waals surface area contributed by atoms with Crippen molar-refractivity contribution in [2.45, 2.75) is 58.3 Å². The fraction of sp³-hybridized carbons (Fsp3) is 0.394. The Morgan fingerprint density at radius 3 is 2.37 bits per heavy atom. The molecule has 1 aliphatic heterocycles. The maximum absolute atomic E-state index is 13.5. The minimum atomic E-state index is -1.69. The van der Waals surface area contributed by atoms with Gasteiger partial charge in [0.15, 0.2) is 12.2 Å². The molecule has 6 atom stereocenters. The second-order valence-corrected chi connectivity index (χ2v) is 11.6. The van der Waals surface area contributed by atoms with Gasteiger partial charge in [0.05, 0.1) is 11.1 Å². The van der Waals surface area contributed by atoms with Gasteiger partial charge in [-0.3, -0.25) is 4.98 Å². The highest BCUT2D eigenvalue weighted by Gasteiger charge is 2.69. The molecular weight excluding hydrogens is 522 g/mol. The summed E-state index contributed by atoms with van der Waals surface area (Å²) in [6.45, 7) is 7.71. The molecule has 2 aliphatic carbocycles. The monoisotopic (exact) mass is 557 g/mol. The van der Waals surface area contributed by atoms with Gasteiger partial charge in [0.25, 0.3) is 0 Å². The molecule has 1 aromatic heterocycles. The number of carbonyl (C=O) groups is 3. The van der Waals surface area contributed by atoms with Gasteiger partial charge in [0, 0.05) is 29.3 Å². The number of pyridine rings is 1. The molecule has 41 heavy (non-hydrogen) atoms.